The standard InChI is InChI=1S/C34H29N3O5S/c1-40-31-18-24(12-17-30(31)41-21-23-8-4-2-5-9-23)28-19-32(38)37-34(29(28)20-35)43-22-33(39)36-25-13-15-27(16-14-25)42-26-10-6-3-7-11-26/h2-18,28H,19,21-22H2,1H3,(H,36,39)(H,37,38). The van der Waals surface area contributed by atoms with Gasteiger partial charge >= 0.3 is 0 Å². The Morgan fingerprint density at radius 1 is 0.953 bits per heavy atom. The summed E-state index contributed by atoms with van der Waals surface area (Å²) >= 11 is 1.12. The number of allylic oxidation sites excluding steroid dienone is 1. The van der Waals surface area contributed by atoms with Crippen LogP contribution in [-0.2, 0) is 16.2 Å². The number of nitrogens with zero attached hydrogens (tertiary/aromatic N) is 1. The first-order valence-corrected chi connectivity index (χ1v) is 14.6. The lowest BCUT2D eigenvalue weighted by atomic mass is 9.87. The zero-order valence-electron chi connectivity index (χ0n) is 23.4. The van der Waals surface area contributed by atoms with Crippen molar-refractivity contribution in [3.05, 3.63) is 125 Å². The maximum absolute atomic E-state index is 12.7. The number of ether oxygens (including phenoxy) is 3. The first kappa shape index (κ1) is 29.3. The second-order valence-corrected chi connectivity index (χ2v) is 10.6. The molecule has 5 rings (SSSR count). The minimum absolute atomic E-state index is 0.00532. The molecule has 0 aliphatic carbocycles. The lowest BCUT2D eigenvalue weighted by Crippen LogP contribution is -2.31. The molecule has 4 aromatic carbocycles. The fourth-order valence-corrected chi connectivity index (χ4v) is 5.42. The summed E-state index contributed by atoms with van der Waals surface area (Å²) in [4.78, 5) is 25.4. The number of anilines is 1. The predicted molar refractivity (Wildman–Crippen MR) is 166 cm³/mol. The molecule has 1 aliphatic rings. The molecule has 0 spiro atoms. The number of carbonyl (C=O) groups is 2. The highest BCUT2D eigenvalue weighted by atomic mass is 32.2. The van der Waals surface area contributed by atoms with Gasteiger partial charge in [-0.1, -0.05) is 66.4 Å². The van der Waals surface area contributed by atoms with E-state index in [1.54, 1.807) is 43.5 Å². The Morgan fingerprint density at radius 3 is 2.35 bits per heavy atom. The molecule has 43 heavy (non-hydrogen) atoms. The predicted octanol–water partition coefficient (Wildman–Crippen LogP) is 6.78. The van der Waals surface area contributed by atoms with Gasteiger partial charge in [0.15, 0.2) is 11.5 Å². The van der Waals surface area contributed by atoms with E-state index < -0.39 is 5.92 Å². The van der Waals surface area contributed by atoms with Crippen LogP contribution in [0.2, 0.25) is 0 Å². The van der Waals surface area contributed by atoms with Crippen molar-refractivity contribution < 1.29 is 23.8 Å². The van der Waals surface area contributed by atoms with E-state index in [0.717, 1.165) is 28.6 Å². The first-order chi connectivity index (χ1) is 21.0. The molecule has 216 valence electrons. The monoisotopic (exact) mass is 591 g/mol. The molecule has 0 saturated heterocycles. The maximum Gasteiger partial charge on any atom is 0.234 e. The van der Waals surface area contributed by atoms with E-state index in [-0.39, 0.29) is 24.0 Å². The highest BCUT2D eigenvalue weighted by Crippen LogP contribution is 2.39. The van der Waals surface area contributed by atoms with Crippen LogP contribution in [0, 0.1) is 11.3 Å². The number of rotatable bonds is 11. The second kappa shape index (κ2) is 14.1. The van der Waals surface area contributed by atoms with E-state index in [1.807, 2.05) is 66.7 Å². The van der Waals surface area contributed by atoms with Crippen LogP contribution in [0.4, 0.5) is 5.69 Å². The van der Waals surface area contributed by atoms with Crippen molar-refractivity contribution in [2.75, 3.05) is 18.2 Å². The number of nitriles is 1. The van der Waals surface area contributed by atoms with Crippen LogP contribution in [0.25, 0.3) is 0 Å². The smallest absolute Gasteiger partial charge is 0.234 e. The van der Waals surface area contributed by atoms with Crippen molar-refractivity contribution in [3.8, 4) is 29.1 Å². The highest BCUT2D eigenvalue weighted by molar-refractivity contribution is 8.03. The SMILES string of the molecule is COc1cc(C2CC(=O)NC(SCC(=O)Nc3ccc(Oc4ccccc4)cc3)=C2C#N)ccc1OCc1ccccc1. The number of carbonyl (C=O) groups excluding carboxylic acids is 2. The fourth-order valence-electron chi connectivity index (χ4n) is 4.54. The Morgan fingerprint density at radius 2 is 1.65 bits per heavy atom. The summed E-state index contributed by atoms with van der Waals surface area (Å²) in [6.45, 7) is 0.375. The average molecular weight is 592 g/mol. The number of thioether (sulfide) groups is 1. The molecule has 2 N–H and O–H groups in total. The van der Waals surface area contributed by atoms with E-state index in [4.69, 9.17) is 14.2 Å². The molecule has 1 aliphatic heterocycles. The third-order valence-electron chi connectivity index (χ3n) is 6.65. The third kappa shape index (κ3) is 7.76. The van der Waals surface area contributed by atoms with E-state index in [2.05, 4.69) is 16.7 Å². The van der Waals surface area contributed by atoms with Crippen LogP contribution in [0.15, 0.2) is 114 Å². The van der Waals surface area contributed by atoms with Crippen LogP contribution in [-0.4, -0.2) is 24.7 Å². The number of methoxy groups -OCH3 is 1. The summed E-state index contributed by atoms with van der Waals surface area (Å²) in [5.41, 5.74) is 2.76. The molecule has 1 unspecified atom stereocenters. The van der Waals surface area contributed by atoms with Crippen LogP contribution >= 0.6 is 11.8 Å². The molecule has 9 heteroatoms. The van der Waals surface area contributed by atoms with Gasteiger partial charge in [0, 0.05) is 18.0 Å². The Kier molecular flexibility index (Phi) is 9.62. The average Bonchev–Trinajstić information content (AvgIpc) is 3.04. The van der Waals surface area contributed by atoms with Gasteiger partial charge in [-0.3, -0.25) is 9.59 Å². The Hall–Kier alpha value is -5.20. The Labute approximate surface area is 254 Å². The molecule has 0 fully saturated rings. The van der Waals surface area contributed by atoms with Crippen molar-refractivity contribution in [1.82, 2.24) is 5.32 Å². The number of nitrogens with one attached hydrogen (secondary N) is 2. The quantitative estimate of drug-likeness (QED) is 0.198. The highest BCUT2D eigenvalue weighted by Gasteiger charge is 2.30. The van der Waals surface area contributed by atoms with Crippen molar-refractivity contribution >= 4 is 29.3 Å². The number of benzene rings is 4. The van der Waals surface area contributed by atoms with Crippen LogP contribution < -0.4 is 24.8 Å². The van der Waals surface area contributed by atoms with E-state index >= 15 is 0 Å². The summed E-state index contributed by atoms with van der Waals surface area (Å²) in [6, 6.07) is 33.9. The van der Waals surface area contributed by atoms with E-state index in [0.29, 0.717) is 40.1 Å². The number of amides is 2. The van der Waals surface area contributed by atoms with Gasteiger partial charge < -0.3 is 24.8 Å². The van der Waals surface area contributed by atoms with Gasteiger partial charge in [0.05, 0.1) is 29.5 Å². The zero-order valence-corrected chi connectivity index (χ0v) is 24.2. The molecular weight excluding hydrogens is 562 g/mol. The molecule has 0 bridgehead atoms. The molecule has 0 aromatic heterocycles. The fraction of sp³-hybridized carbons (Fsp3) is 0.147. The summed E-state index contributed by atoms with van der Waals surface area (Å²) in [5, 5.41) is 16.0. The number of hydrogen-bond acceptors (Lipinski definition) is 7. The number of para-hydroxylation sites is 1. The van der Waals surface area contributed by atoms with Crippen LogP contribution in [0.5, 0.6) is 23.0 Å². The van der Waals surface area contributed by atoms with Gasteiger partial charge in [-0.15, -0.1) is 0 Å². The minimum atomic E-state index is -0.487. The summed E-state index contributed by atoms with van der Waals surface area (Å²) in [5.74, 6) is 1.44. The van der Waals surface area contributed by atoms with Gasteiger partial charge in [0.1, 0.15) is 18.1 Å². The van der Waals surface area contributed by atoms with Crippen LogP contribution in [0.3, 0.4) is 0 Å². The third-order valence-corrected chi connectivity index (χ3v) is 7.66. The molecule has 1 atom stereocenters. The minimum Gasteiger partial charge on any atom is -0.493 e. The van der Waals surface area contributed by atoms with Crippen molar-refractivity contribution in [2.24, 2.45) is 0 Å². The van der Waals surface area contributed by atoms with Crippen molar-refractivity contribution in [2.45, 2.75) is 18.9 Å². The molecule has 2 amide bonds. The topological polar surface area (TPSA) is 110 Å². The molecule has 8 nitrogen and oxygen atoms in total. The molecule has 4 aromatic rings. The van der Waals surface area contributed by atoms with E-state index in [1.165, 1.54) is 0 Å². The van der Waals surface area contributed by atoms with Gasteiger partial charge in [0.2, 0.25) is 11.8 Å². The van der Waals surface area contributed by atoms with Crippen molar-refractivity contribution in [3.63, 3.8) is 0 Å². The maximum atomic E-state index is 12.7. The number of hydrogen-bond donors (Lipinski definition) is 2. The normalized spacial score (nSPS) is 14.3. The molecular formula is C34H29N3O5S. The van der Waals surface area contributed by atoms with E-state index in [9.17, 15) is 14.9 Å². The Balaban J connectivity index is 1.23. The summed E-state index contributed by atoms with van der Waals surface area (Å²) in [6.07, 6.45) is 0.101. The molecule has 1 heterocycles. The summed E-state index contributed by atoms with van der Waals surface area (Å²) < 4.78 is 17.3. The largest absolute Gasteiger partial charge is 0.493 e. The first-order valence-electron chi connectivity index (χ1n) is 13.6. The van der Waals surface area contributed by atoms with Gasteiger partial charge in [-0.2, -0.15) is 5.26 Å². The van der Waals surface area contributed by atoms with Gasteiger partial charge in [-0.05, 0) is 59.7 Å². The summed E-state index contributed by atoms with van der Waals surface area (Å²) in [7, 11) is 1.55. The second-order valence-electron chi connectivity index (χ2n) is 9.62. The molecule has 0 saturated carbocycles. The lowest BCUT2D eigenvalue weighted by Gasteiger charge is -2.25. The van der Waals surface area contributed by atoms with Gasteiger partial charge in [0.25, 0.3) is 0 Å². The van der Waals surface area contributed by atoms with Crippen LogP contribution in [0.1, 0.15) is 23.5 Å². The zero-order chi connectivity index (χ0) is 30.0. The van der Waals surface area contributed by atoms with Crippen molar-refractivity contribution in [1.29, 1.82) is 5.26 Å². The van der Waals surface area contributed by atoms with Gasteiger partial charge in [-0.25, -0.2) is 0 Å². The lowest BCUT2D eigenvalue weighted by molar-refractivity contribution is -0.121. The Bertz CT molecular complexity index is 1650. The molecule has 0 radical (unpaired) electrons.